The van der Waals surface area contributed by atoms with Crippen molar-refractivity contribution in [3.63, 3.8) is 0 Å². The van der Waals surface area contributed by atoms with Gasteiger partial charge in [0.1, 0.15) is 0 Å². The molecule has 1 heterocycles. The van der Waals surface area contributed by atoms with Gasteiger partial charge >= 0.3 is 0 Å². The Morgan fingerprint density at radius 3 is 2.45 bits per heavy atom. The van der Waals surface area contributed by atoms with Gasteiger partial charge in [0, 0.05) is 17.3 Å². The standard InChI is InChI=1S/C17H20ClNO/c1-13(2)3-8-16-9-10-17(12-20)19(16)11-14-4-6-15(18)7-5-14/h4-7,9-10,12-13H,3,8,11H2,1-2H3. The van der Waals surface area contributed by atoms with E-state index in [1.807, 2.05) is 30.3 Å². The molecule has 106 valence electrons. The van der Waals surface area contributed by atoms with Crippen molar-refractivity contribution < 1.29 is 4.79 Å². The first kappa shape index (κ1) is 14.9. The Balaban J connectivity index is 2.21. The molecule has 20 heavy (non-hydrogen) atoms. The van der Waals surface area contributed by atoms with Crippen LogP contribution in [0.1, 0.15) is 42.0 Å². The molecule has 0 aliphatic heterocycles. The molecule has 0 aliphatic carbocycles. The highest BCUT2D eigenvalue weighted by molar-refractivity contribution is 6.30. The third-order valence-corrected chi connectivity index (χ3v) is 3.71. The Bertz CT molecular complexity index is 569. The van der Waals surface area contributed by atoms with Crippen molar-refractivity contribution in [2.24, 2.45) is 5.92 Å². The van der Waals surface area contributed by atoms with Crippen LogP contribution in [-0.4, -0.2) is 10.9 Å². The van der Waals surface area contributed by atoms with Crippen LogP contribution in [0.5, 0.6) is 0 Å². The maximum absolute atomic E-state index is 11.2. The van der Waals surface area contributed by atoms with Crippen LogP contribution in [0.4, 0.5) is 0 Å². The van der Waals surface area contributed by atoms with Gasteiger partial charge in [0.2, 0.25) is 0 Å². The first-order chi connectivity index (χ1) is 9.60. The van der Waals surface area contributed by atoms with Crippen molar-refractivity contribution in [3.8, 4) is 0 Å². The Morgan fingerprint density at radius 1 is 1.15 bits per heavy atom. The molecule has 0 atom stereocenters. The molecule has 2 aromatic rings. The number of nitrogens with zero attached hydrogens (tertiary/aromatic N) is 1. The van der Waals surface area contributed by atoms with Crippen LogP contribution in [0.25, 0.3) is 0 Å². The van der Waals surface area contributed by atoms with Crippen LogP contribution in [0.3, 0.4) is 0 Å². The molecular formula is C17H20ClNO. The van der Waals surface area contributed by atoms with E-state index >= 15 is 0 Å². The molecule has 3 heteroatoms. The van der Waals surface area contributed by atoms with Gasteiger partial charge in [-0.2, -0.15) is 0 Å². The monoisotopic (exact) mass is 289 g/mol. The molecule has 1 aromatic carbocycles. The van der Waals surface area contributed by atoms with Gasteiger partial charge in [0.15, 0.2) is 6.29 Å². The number of halogens is 1. The first-order valence-electron chi connectivity index (χ1n) is 6.98. The van der Waals surface area contributed by atoms with Crippen LogP contribution in [0.15, 0.2) is 36.4 Å². The van der Waals surface area contributed by atoms with Crippen molar-refractivity contribution >= 4 is 17.9 Å². The Labute approximate surface area is 125 Å². The number of carbonyl (C=O) groups is 1. The van der Waals surface area contributed by atoms with E-state index < -0.39 is 0 Å². The van der Waals surface area contributed by atoms with Crippen molar-refractivity contribution in [1.82, 2.24) is 4.57 Å². The fraction of sp³-hybridized carbons (Fsp3) is 0.353. The van der Waals surface area contributed by atoms with E-state index in [-0.39, 0.29) is 0 Å². The lowest BCUT2D eigenvalue weighted by Gasteiger charge is -2.12. The van der Waals surface area contributed by atoms with Gasteiger partial charge in [-0.3, -0.25) is 4.79 Å². The summed E-state index contributed by atoms with van der Waals surface area (Å²) < 4.78 is 2.10. The molecule has 2 rings (SSSR count). The van der Waals surface area contributed by atoms with Crippen LogP contribution in [0, 0.1) is 5.92 Å². The van der Waals surface area contributed by atoms with E-state index in [1.54, 1.807) is 0 Å². The predicted octanol–water partition coefficient (Wildman–Crippen LogP) is 4.59. The van der Waals surface area contributed by atoms with Gasteiger partial charge in [-0.05, 0) is 48.6 Å². The largest absolute Gasteiger partial charge is 0.338 e. The third kappa shape index (κ3) is 3.73. The van der Waals surface area contributed by atoms with Crippen molar-refractivity contribution in [1.29, 1.82) is 0 Å². The summed E-state index contributed by atoms with van der Waals surface area (Å²) in [6.45, 7) is 5.14. The number of aromatic nitrogens is 1. The molecule has 0 aliphatic rings. The summed E-state index contributed by atoms with van der Waals surface area (Å²) in [4.78, 5) is 11.2. The number of carbonyl (C=O) groups excluding carboxylic acids is 1. The minimum Gasteiger partial charge on any atom is -0.338 e. The number of rotatable bonds is 6. The summed E-state index contributed by atoms with van der Waals surface area (Å²) >= 11 is 5.90. The summed E-state index contributed by atoms with van der Waals surface area (Å²) in [5, 5.41) is 0.733. The van der Waals surface area contributed by atoms with E-state index in [9.17, 15) is 4.79 Å². The Hall–Kier alpha value is -1.54. The van der Waals surface area contributed by atoms with Crippen LogP contribution >= 0.6 is 11.6 Å². The smallest absolute Gasteiger partial charge is 0.166 e. The lowest BCUT2D eigenvalue weighted by atomic mass is 10.1. The molecule has 0 saturated carbocycles. The zero-order valence-electron chi connectivity index (χ0n) is 12.0. The normalized spacial score (nSPS) is 11.0. The minimum absolute atomic E-state index is 0.661. The van der Waals surface area contributed by atoms with Crippen LogP contribution < -0.4 is 0 Å². The zero-order valence-corrected chi connectivity index (χ0v) is 12.7. The molecule has 2 nitrogen and oxygen atoms in total. The summed E-state index contributed by atoms with van der Waals surface area (Å²) in [6.07, 6.45) is 3.05. The van der Waals surface area contributed by atoms with Gasteiger partial charge in [-0.15, -0.1) is 0 Å². The van der Waals surface area contributed by atoms with Crippen molar-refractivity contribution in [3.05, 3.63) is 58.4 Å². The topological polar surface area (TPSA) is 22.0 Å². The van der Waals surface area contributed by atoms with Crippen LogP contribution in [-0.2, 0) is 13.0 Å². The molecule has 0 unspecified atom stereocenters. The van der Waals surface area contributed by atoms with E-state index in [4.69, 9.17) is 11.6 Å². The van der Waals surface area contributed by atoms with E-state index in [1.165, 1.54) is 5.69 Å². The summed E-state index contributed by atoms with van der Waals surface area (Å²) in [5.41, 5.74) is 3.11. The first-order valence-corrected chi connectivity index (χ1v) is 7.36. The summed E-state index contributed by atoms with van der Waals surface area (Å²) in [6, 6.07) is 11.7. The summed E-state index contributed by atoms with van der Waals surface area (Å²) in [5.74, 6) is 0.661. The highest BCUT2D eigenvalue weighted by Crippen LogP contribution is 2.17. The molecule has 0 bridgehead atoms. The predicted molar refractivity (Wildman–Crippen MR) is 83.5 cm³/mol. The second-order valence-corrected chi connectivity index (χ2v) is 5.95. The third-order valence-electron chi connectivity index (χ3n) is 3.46. The number of hydrogen-bond acceptors (Lipinski definition) is 1. The van der Waals surface area contributed by atoms with Gasteiger partial charge in [-0.25, -0.2) is 0 Å². The average Bonchev–Trinajstić information content (AvgIpc) is 2.81. The fourth-order valence-corrected chi connectivity index (χ4v) is 2.38. The summed E-state index contributed by atoms with van der Waals surface area (Å²) in [7, 11) is 0. The zero-order chi connectivity index (χ0) is 14.5. The highest BCUT2D eigenvalue weighted by Gasteiger charge is 2.09. The lowest BCUT2D eigenvalue weighted by molar-refractivity contribution is 0.111. The lowest BCUT2D eigenvalue weighted by Crippen LogP contribution is -2.08. The fourth-order valence-electron chi connectivity index (χ4n) is 2.25. The Morgan fingerprint density at radius 2 is 1.85 bits per heavy atom. The molecule has 0 saturated heterocycles. The molecule has 1 aromatic heterocycles. The number of benzene rings is 1. The maximum Gasteiger partial charge on any atom is 0.166 e. The molecular weight excluding hydrogens is 270 g/mol. The average molecular weight is 290 g/mol. The quantitative estimate of drug-likeness (QED) is 0.713. The minimum atomic E-state index is 0.661. The SMILES string of the molecule is CC(C)CCc1ccc(C=O)n1Cc1ccc(Cl)cc1. The number of aldehydes is 1. The molecule has 0 spiro atoms. The number of aryl methyl sites for hydroxylation is 1. The number of hydrogen-bond donors (Lipinski definition) is 0. The highest BCUT2D eigenvalue weighted by atomic mass is 35.5. The molecule has 0 fully saturated rings. The second-order valence-electron chi connectivity index (χ2n) is 5.51. The molecule has 0 N–H and O–H groups in total. The van der Waals surface area contributed by atoms with Gasteiger partial charge in [-0.1, -0.05) is 37.6 Å². The molecule has 0 radical (unpaired) electrons. The Kier molecular flexibility index (Phi) is 5.02. The van der Waals surface area contributed by atoms with Crippen molar-refractivity contribution in [2.45, 2.75) is 33.2 Å². The van der Waals surface area contributed by atoms with Crippen LogP contribution in [0.2, 0.25) is 5.02 Å². The van der Waals surface area contributed by atoms with Crippen molar-refractivity contribution in [2.75, 3.05) is 0 Å². The van der Waals surface area contributed by atoms with E-state index in [2.05, 4.69) is 24.5 Å². The van der Waals surface area contributed by atoms with E-state index in [0.717, 1.165) is 35.4 Å². The molecule has 0 amide bonds. The van der Waals surface area contributed by atoms with Gasteiger partial charge in [0.05, 0.1) is 5.69 Å². The van der Waals surface area contributed by atoms with Gasteiger partial charge in [0.25, 0.3) is 0 Å². The maximum atomic E-state index is 11.2. The van der Waals surface area contributed by atoms with Gasteiger partial charge < -0.3 is 4.57 Å². The van der Waals surface area contributed by atoms with E-state index in [0.29, 0.717) is 12.5 Å². The second kappa shape index (κ2) is 6.76.